The van der Waals surface area contributed by atoms with Crippen LogP contribution in [0, 0.1) is 0 Å². The summed E-state index contributed by atoms with van der Waals surface area (Å²) >= 11 is 5.31. The molecule has 3 heterocycles. The molecule has 0 saturated carbocycles. The van der Waals surface area contributed by atoms with Crippen LogP contribution in [0.3, 0.4) is 0 Å². The Morgan fingerprint density at radius 3 is 1.97 bits per heavy atom. The molecule has 0 amide bonds. The van der Waals surface area contributed by atoms with E-state index in [1.54, 1.807) is 29.8 Å². The van der Waals surface area contributed by atoms with Gasteiger partial charge in [-0.1, -0.05) is 36.4 Å². The summed E-state index contributed by atoms with van der Waals surface area (Å²) < 4.78 is 5.24. The molecular weight excluding hydrogens is 412 g/mol. The number of benzene rings is 1. The van der Waals surface area contributed by atoms with Crippen molar-refractivity contribution in [2.75, 3.05) is 7.11 Å². The summed E-state index contributed by atoms with van der Waals surface area (Å²) in [6.07, 6.45) is 13.1. The van der Waals surface area contributed by atoms with Crippen LogP contribution in [-0.2, 0) is 0 Å². The minimum atomic E-state index is 0.873. The Morgan fingerprint density at radius 1 is 0.690 bits per heavy atom. The summed E-state index contributed by atoms with van der Waals surface area (Å²) in [6, 6.07) is 18.8. The highest BCUT2D eigenvalue weighted by Gasteiger charge is 2.04. The number of hydrogen-bond acceptors (Lipinski definition) is 4. The van der Waals surface area contributed by atoms with Gasteiger partial charge in [-0.05, 0) is 76.5 Å². The van der Waals surface area contributed by atoms with Crippen molar-refractivity contribution in [2.24, 2.45) is 0 Å². The molecule has 0 spiro atoms. The van der Waals surface area contributed by atoms with Crippen LogP contribution in [0.15, 0.2) is 65.4 Å². The SMILES string of the molecule is COc1ccc(/C=C/c2cc(/C=C/c3cccs3)sc2/C=C/c2cccs2)cc1. The number of rotatable bonds is 7. The maximum absolute atomic E-state index is 5.24. The van der Waals surface area contributed by atoms with Crippen LogP contribution in [0.4, 0.5) is 0 Å². The maximum Gasteiger partial charge on any atom is 0.118 e. The van der Waals surface area contributed by atoms with Gasteiger partial charge in [-0.15, -0.1) is 34.0 Å². The Kier molecular flexibility index (Phi) is 6.57. The van der Waals surface area contributed by atoms with E-state index in [1.165, 1.54) is 25.1 Å². The van der Waals surface area contributed by atoms with Crippen molar-refractivity contribution in [2.45, 2.75) is 0 Å². The molecule has 4 aromatic rings. The van der Waals surface area contributed by atoms with Gasteiger partial charge in [0.25, 0.3) is 0 Å². The first-order valence-electron chi connectivity index (χ1n) is 9.19. The van der Waals surface area contributed by atoms with Crippen LogP contribution in [0.1, 0.15) is 30.6 Å². The van der Waals surface area contributed by atoms with Crippen molar-refractivity contribution in [1.29, 1.82) is 0 Å². The average Bonchev–Trinajstić information content (AvgIpc) is 3.52. The smallest absolute Gasteiger partial charge is 0.118 e. The quantitative estimate of drug-likeness (QED) is 0.285. The second-order valence-electron chi connectivity index (χ2n) is 6.27. The van der Waals surface area contributed by atoms with Crippen molar-refractivity contribution >= 4 is 70.5 Å². The summed E-state index contributed by atoms with van der Waals surface area (Å²) in [5.41, 5.74) is 2.38. The van der Waals surface area contributed by atoms with E-state index in [-0.39, 0.29) is 0 Å². The zero-order chi connectivity index (χ0) is 19.9. The van der Waals surface area contributed by atoms with Crippen LogP contribution < -0.4 is 4.74 Å². The van der Waals surface area contributed by atoms with Gasteiger partial charge in [0, 0.05) is 19.5 Å². The molecule has 1 aromatic carbocycles. The predicted molar refractivity (Wildman–Crippen MR) is 133 cm³/mol. The van der Waals surface area contributed by atoms with Crippen LogP contribution in [0.25, 0.3) is 36.5 Å². The average molecular weight is 433 g/mol. The van der Waals surface area contributed by atoms with E-state index in [0.717, 1.165) is 11.3 Å². The lowest BCUT2D eigenvalue weighted by Gasteiger charge is -1.99. The Labute approximate surface area is 183 Å². The molecule has 0 unspecified atom stereocenters. The van der Waals surface area contributed by atoms with E-state index in [1.807, 2.05) is 23.5 Å². The molecule has 0 aliphatic rings. The Balaban J connectivity index is 1.61. The van der Waals surface area contributed by atoms with Gasteiger partial charge in [-0.3, -0.25) is 0 Å². The third-order valence-electron chi connectivity index (χ3n) is 4.28. The van der Waals surface area contributed by atoms with Crippen LogP contribution in [0.2, 0.25) is 0 Å². The molecule has 0 N–H and O–H groups in total. The number of thiophene rings is 3. The zero-order valence-corrected chi connectivity index (χ0v) is 18.4. The van der Waals surface area contributed by atoms with E-state index < -0.39 is 0 Å². The van der Waals surface area contributed by atoms with Gasteiger partial charge in [-0.25, -0.2) is 0 Å². The number of methoxy groups -OCH3 is 1. The molecular formula is C25H20OS3. The second kappa shape index (κ2) is 9.70. The summed E-state index contributed by atoms with van der Waals surface area (Å²) in [7, 11) is 1.69. The fourth-order valence-corrected chi connectivity index (χ4v) is 4.97. The van der Waals surface area contributed by atoms with Crippen molar-refractivity contribution in [3.8, 4) is 5.75 Å². The largest absolute Gasteiger partial charge is 0.497 e. The lowest BCUT2D eigenvalue weighted by molar-refractivity contribution is 0.415. The maximum atomic E-state index is 5.24. The van der Waals surface area contributed by atoms with Gasteiger partial charge >= 0.3 is 0 Å². The zero-order valence-electron chi connectivity index (χ0n) is 15.9. The van der Waals surface area contributed by atoms with Gasteiger partial charge in [0.05, 0.1) is 7.11 Å². The monoisotopic (exact) mass is 432 g/mol. The lowest BCUT2D eigenvalue weighted by atomic mass is 10.1. The molecule has 0 radical (unpaired) electrons. The molecule has 4 heteroatoms. The summed E-state index contributed by atoms with van der Waals surface area (Å²) in [5, 5.41) is 4.21. The first kappa shape index (κ1) is 19.6. The normalized spacial score (nSPS) is 11.9. The van der Waals surface area contributed by atoms with Gasteiger partial charge in [0.15, 0.2) is 0 Å². The fourth-order valence-electron chi connectivity index (χ4n) is 2.78. The molecule has 4 rings (SSSR count). The molecule has 0 aliphatic heterocycles. The number of hydrogen-bond donors (Lipinski definition) is 0. The molecule has 0 atom stereocenters. The van der Waals surface area contributed by atoms with Crippen LogP contribution >= 0.6 is 34.0 Å². The fraction of sp³-hybridized carbons (Fsp3) is 0.0400. The van der Waals surface area contributed by atoms with Crippen molar-refractivity contribution in [3.05, 3.63) is 96.0 Å². The Hall–Kier alpha value is -2.66. The molecule has 0 bridgehead atoms. The lowest BCUT2D eigenvalue weighted by Crippen LogP contribution is -1.81. The molecule has 1 nitrogen and oxygen atoms in total. The molecule has 3 aromatic heterocycles. The van der Waals surface area contributed by atoms with Gasteiger partial charge in [-0.2, -0.15) is 0 Å². The molecule has 29 heavy (non-hydrogen) atoms. The Bertz CT molecular complexity index is 1110. The minimum absolute atomic E-state index is 0.873. The van der Waals surface area contributed by atoms with Crippen molar-refractivity contribution in [3.63, 3.8) is 0 Å². The summed E-state index contributed by atoms with van der Waals surface area (Å²) in [5.74, 6) is 0.873. The van der Waals surface area contributed by atoms with E-state index >= 15 is 0 Å². The topological polar surface area (TPSA) is 9.23 Å². The standard InChI is InChI=1S/C25H20OS3/c1-26-21-10-7-19(8-11-21)6-9-20-18-24(13-12-22-4-2-16-27-22)29-25(20)15-14-23-5-3-17-28-23/h2-18H,1H3/b9-6+,13-12+,15-14+. The second-order valence-corrected chi connectivity index (χ2v) is 9.35. The van der Waals surface area contributed by atoms with Gasteiger partial charge in [0.1, 0.15) is 5.75 Å². The molecule has 0 saturated heterocycles. The highest BCUT2D eigenvalue weighted by molar-refractivity contribution is 7.14. The Morgan fingerprint density at radius 2 is 1.34 bits per heavy atom. The van der Waals surface area contributed by atoms with Gasteiger partial charge < -0.3 is 4.74 Å². The van der Waals surface area contributed by atoms with E-state index in [2.05, 4.69) is 89.7 Å². The highest BCUT2D eigenvalue weighted by atomic mass is 32.1. The highest BCUT2D eigenvalue weighted by Crippen LogP contribution is 2.29. The van der Waals surface area contributed by atoms with Crippen LogP contribution in [-0.4, -0.2) is 7.11 Å². The van der Waals surface area contributed by atoms with Gasteiger partial charge in [0.2, 0.25) is 0 Å². The first-order chi connectivity index (χ1) is 14.3. The third kappa shape index (κ3) is 5.45. The molecule has 144 valence electrons. The van der Waals surface area contributed by atoms with E-state index in [4.69, 9.17) is 4.74 Å². The first-order valence-corrected chi connectivity index (χ1v) is 11.8. The summed E-state index contributed by atoms with van der Waals surface area (Å²) in [6.45, 7) is 0. The molecule has 0 aliphatic carbocycles. The van der Waals surface area contributed by atoms with E-state index in [9.17, 15) is 0 Å². The minimum Gasteiger partial charge on any atom is -0.497 e. The number of ether oxygens (including phenoxy) is 1. The van der Waals surface area contributed by atoms with Crippen molar-refractivity contribution in [1.82, 2.24) is 0 Å². The molecule has 0 fully saturated rings. The van der Waals surface area contributed by atoms with Crippen LogP contribution in [0.5, 0.6) is 5.75 Å². The summed E-state index contributed by atoms with van der Waals surface area (Å²) in [4.78, 5) is 5.04. The van der Waals surface area contributed by atoms with Crippen molar-refractivity contribution < 1.29 is 4.74 Å². The third-order valence-corrected chi connectivity index (χ3v) is 7.03. The predicted octanol–water partition coefficient (Wildman–Crippen LogP) is 8.39. The van der Waals surface area contributed by atoms with E-state index in [0.29, 0.717) is 0 Å².